The fourth-order valence-electron chi connectivity index (χ4n) is 3.31. The minimum atomic E-state index is 0.0488. The van der Waals surface area contributed by atoms with E-state index in [-0.39, 0.29) is 11.3 Å². The molecule has 1 fully saturated rings. The molecule has 2 aromatic carbocycles. The van der Waals surface area contributed by atoms with Gasteiger partial charge in [0.2, 0.25) is 0 Å². The topological polar surface area (TPSA) is 32.8 Å². The van der Waals surface area contributed by atoms with Crippen molar-refractivity contribution in [2.75, 3.05) is 38.3 Å². The number of carbonyl (C=O) groups is 1. The van der Waals surface area contributed by atoms with E-state index in [1.807, 2.05) is 19.2 Å². The van der Waals surface area contributed by atoms with E-state index in [9.17, 15) is 4.79 Å². The van der Waals surface area contributed by atoms with Gasteiger partial charge in [-0.25, -0.2) is 0 Å². The van der Waals surface area contributed by atoms with Crippen LogP contribution in [0.2, 0.25) is 0 Å². The Bertz CT molecular complexity index is 754. The van der Waals surface area contributed by atoms with Crippen LogP contribution in [0, 0.1) is 0 Å². The third kappa shape index (κ3) is 4.89. The van der Waals surface area contributed by atoms with Gasteiger partial charge in [-0.3, -0.25) is 4.79 Å². The number of ether oxygens (including phenoxy) is 1. The largest absolute Gasteiger partial charge is 0.378 e. The molecule has 0 spiro atoms. The molecule has 0 saturated carbocycles. The van der Waals surface area contributed by atoms with Crippen molar-refractivity contribution >= 4 is 11.6 Å². The van der Waals surface area contributed by atoms with E-state index in [1.165, 1.54) is 11.3 Å². The lowest BCUT2D eigenvalue weighted by molar-refractivity contribution is 0.0785. The smallest absolute Gasteiger partial charge is 0.253 e. The number of carbonyl (C=O) groups excluding carboxylic acids is 1. The molecular weight excluding hydrogens is 336 g/mol. The van der Waals surface area contributed by atoms with Crippen LogP contribution in [0.5, 0.6) is 0 Å². The zero-order valence-corrected chi connectivity index (χ0v) is 16.9. The summed E-state index contributed by atoms with van der Waals surface area (Å²) in [5, 5.41) is 0. The Kier molecular flexibility index (Phi) is 5.85. The zero-order chi connectivity index (χ0) is 19.4. The molecule has 1 amide bonds. The molecule has 0 bridgehead atoms. The SMILES string of the molecule is CN(Cc1ccc(N2CCOCC2)cc1)C(=O)c1ccc(C(C)(C)C)cc1. The van der Waals surface area contributed by atoms with Gasteiger partial charge in [-0.15, -0.1) is 0 Å². The van der Waals surface area contributed by atoms with Crippen molar-refractivity contribution < 1.29 is 9.53 Å². The minimum Gasteiger partial charge on any atom is -0.378 e. The fraction of sp³-hybridized carbons (Fsp3) is 0.435. The average molecular weight is 367 g/mol. The van der Waals surface area contributed by atoms with Crippen LogP contribution in [0.25, 0.3) is 0 Å². The quantitative estimate of drug-likeness (QED) is 0.817. The standard InChI is InChI=1S/C23H30N2O2/c1-23(2,3)20-9-7-19(8-10-20)22(26)24(4)17-18-5-11-21(12-6-18)25-13-15-27-16-14-25/h5-12H,13-17H2,1-4H3. The molecular formula is C23H30N2O2. The maximum absolute atomic E-state index is 12.7. The van der Waals surface area contributed by atoms with Crippen LogP contribution >= 0.6 is 0 Å². The van der Waals surface area contributed by atoms with Gasteiger partial charge in [0, 0.05) is 37.9 Å². The van der Waals surface area contributed by atoms with Gasteiger partial charge in [0.15, 0.2) is 0 Å². The van der Waals surface area contributed by atoms with Gasteiger partial charge in [0.05, 0.1) is 13.2 Å². The molecule has 0 aromatic heterocycles. The summed E-state index contributed by atoms with van der Waals surface area (Å²) in [6.07, 6.45) is 0. The van der Waals surface area contributed by atoms with Crippen LogP contribution in [0.1, 0.15) is 42.3 Å². The summed E-state index contributed by atoms with van der Waals surface area (Å²) < 4.78 is 5.41. The summed E-state index contributed by atoms with van der Waals surface area (Å²) in [7, 11) is 1.86. The van der Waals surface area contributed by atoms with E-state index in [4.69, 9.17) is 4.74 Å². The Morgan fingerprint density at radius 3 is 2.15 bits per heavy atom. The molecule has 3 rings (SSSR count). The number of rotatable bonds is 4. The van der Waals surface area contributed by atoms with Crippen molar-refractivity contribution in [2.45, 2.75) is 32.7 Å². The summed E-state index contributed by atoms with van der Waals surface area (Å²) in [6, 6.07) is 16.5. The van der Waals surface area contributed by atoms with Gasteiger partial charge in [-0.1, -0.05) is 45.0 Å². The Morgan fingerprint density at radius 2 is 1.59 bits per heavy atom. The van der Waals surface area contributed by atoms with Gasteiger partial charge < -0.3 is 14.5 Å². The second-order valence-electron chi connectivity index (χ2n) is 8.25. The van der Waals surface area contributed by atoms with Crippen molar-refractivity contribution in [1.82, 2.24) is 4.90 Å². The Balaban J connectivity index is 1.62. The summed E-state index contributed by atoms with van der Waals surface area (Å²) in [6.45, 7) is 10.6. The van der Waals surface area contributed by atoms with Crippen molar-refractivity contribution in [3.8, 4) is 0 Å². The maximum Gasteiger partial charge on any atom is 0.253 e. The van der Waals surface area contributed by atoms with E-state index in [0.717, 1.165) is 37.4 Å². The Labute approximate surface area is 162 Å². The highest BCUT2D eigenvalue weighted by Gasteiger charge is 2.16. The van der Waals surface area contributed by atoms with Crippen LogP contribution in [0.3, 0.4) is 0 Å². The fourth-order valence-corrected chi connectivity index (χ4v) is 3.31. The summed E-state index contributed by atoms with van der Waals surface area (Å²) in [5.74, 6) is 0.0488. The lowest BCUT2D eigenvalue weighted by Gasteiger charge is -2.29. The molecule has 0 aliphatic carbocycles. The predicted octanol–water partition coefficient (Wildman–Crippen LogP) is 4.09. The molecule has 0 unspecified atom stereocenters. The van der Waals surface area contributed by atoms with Crippen LogP contribution in [0.4, 0.5) is 5.69 Å². The molecule has 144 valence electrons. The molecule has 4 nitrogen and oxygen atoms in total. The molecule has 0 N–H and O–H groups in total. The number of benzene rings is 2. The van der Waals surface area contributed by atoms with Gasteiger partial charge in [0.1, 0.15) is 0 Å². The molecule has 1 aliphatic heterocycles. The highest BCUT2D eigenvalue weighted by molar-refractivity contribution is 5.94. The maximum atomic E-state index is 12.7. The first kappa shape index (κ1) is 19.4. The van der Waals surface area contributed by atoms with Crippen LogP contribution in [0.15, 0.2) is 48.5 Å². The van der Waals surface area contributed by atoms with Gasteiger partial charge in [-0.05, 0) is 40.8 Å². The third-order valence-corrected chi connectivity index (χ3v) is 5.08. The normalized spacial score (nSPS) is 14.9. The number of nitrogens with zero attached hydrogens (tertiary/aromatic N) is 2. The third-order valence-electron chi connectivity index (χ3n) is 5.08. The lowest BCUT2D eigenvalue weighted by Crippen LogP contribution is -2.36. The van der Waals surface area contributed by atoms with E-state index in [2.05, 4.69) is 62.1 Å². The zero-order valence-electron chi connectivity index (χ0n) is 16.9. The Hall–Kier alpha value is -2.33. The number of hydrogen-bond donors (Lipinski definition) is 0. The number of amides is 1. The monoisotopic (exact) mass is 366 g/mol. The number of anilines is 1. The summed E-state index contributed by atoms with van der Waals surface area (Å²) in [4.78, 5) is 16.8. The van der Waals surface area contributed by atoms with Crippen LogP contribution in [-0.4, -0.2) is 44.2 Å². The number of morpholine rings is 1. The molecule has 2 aromatic rings. The second-order valence-corrected chi connectivity index (χ2v) is 8.25. The van der Waals surface area contributed by atoms with Gasteiger partial charge in [-0.2, -0.15) is 0 Å². The Morgan fingerprint density at radius 1 is 1.00 bits per heavy atom. The van der Waals surface area contributed by atoms with Gasteiger partial charge in [0.25, 0.3) is 5.91 Å². The van der Waals surface area contributed by atoms with Crippen molar-refractivity contribution in [3.05, 3.63) is 65.2 Å². The first-order chi connectivity index (χ1) is 12.8. The highest BCUT2D eigenvalue weighted by Crippen LogP contribution is 2.23. The molecule has 1 saturated heterocycles. The van der Waals surface area contributed by atoms with E-state index < -0.39 is 0 Å². The highest BCUT2D eigenvalue weighted by atomic mass is 16.5. The number of hydrogen-bond acceptors (Lipinski definition) is 3. The second kappa shape index (κ2) is 8.13. The summed E-state index contributed by atoms with van der Waals surface area (Å²) >= 11 is 0. The first-order valence-corrected chi connectivity index (χ1v) is 9.62. The van der Waals surface area contributed by atoms with Crippen LogP contribution < -0.4 is 4.90 Å². The van der Waals surface area contributed by atoms with E-state index in [0.29, 0.717) is 6.54 Å². The lowest BCUT2D eigenvalue weighted by atomic mass is 9.86. The van der Waals surface area contributed by atoms with E-state index in [1.54, 1.807) is 4.90 Å². The molecule has 27 heavy (non-hydrogen) atoms. The van der Waals surface area contributed by atoms with Crippen molar-refractivity contribution in [1.29, 1.82) is 0 Å². The van der Waals surface area contributed by atoms with Crippen molar-refractivity contribution in [2.24, 2.45) is 0 Å². The predicted molar refractivity (Wildman–Crippen MR) is 110 cm³/mol. The van der Waals surface area contributed by atoms with Crippen molar-refractivity contribution in [3.63, 3.8) is 0 Å². The summed E-state index contributed by atoms with van der Waals surface area (Å²) in [5.41, 5.74) is 4.41. The molecule has 1 heterocycles. The molecule has 1 aliphatic rings. The van der Waals surface area contributed by atoms with Crippen LogP contribution in [-0.2, 0) is 16.7 Å². The first-order valence-electron chi connectivity index (χ1n) is 9.62. The van der Waals surface area contributed by atoms with Gasteiger partial charge >= 0.3 is 0 Å². The average Bonchev–Trinajstić information content (AvgIpc) is 2.68. The van der Waals surface area contributed by atoms with E-state index >= 15 is 0 Å². The molecule has 0 radical (unpaired) electrons. The molecule has 0 atom stereocenters. The minimum absolute atomic E-state index is 0.0488. The molecule has 4 heteroatoms.